The zero-order valence-electron chi connectivity index (χ0n) is 18.6. The Hall–Kier alpha value is -3.44. The molecule has 6 rings (SSSR count). The zero-order chi connectivity index (χ0) is 22.4. The molecule has 3 aromatic rings. The maximum Gasteiger partial charge on any atom is 0.410 e. The van der Waals surface area contributed by atoms with Gasteiger partial charge in [0.15, 0.2) is 0 Å². The van der Waals surface area contributed by atoms with E-state index in [1.54, 1.807) is 0 Å². The van der Waals surface area contributed by atoms with Gasteiger partial charge in [-0.05, 0) is 58.9 Å². The number of pyridine rings is 1. The van der Waals surface area contributed by atoms with E-state index in [1.807, 2.05) is 17.2 Å². The van der Waals surface area contributed by atoms with Gasteiger partial charge in [0.2, 0.25) is 0 Å². The quantitative estimate of drug-likeness (QED) is 0.564. The number of benzene rings is 2. The first-order chi connectivity index (χ1) is 16.2. The molecule has 0 N–H and O–H groups in total. The molecule has 166 valence electrons. The average Bonchev–Trinajstić information content (AvgIpc) is 3.15. The topological polar surface area (TPSA) is 51.7 Å². The highest BCUT2D eigenvalue weighted by Crippen LogP contribution is 2.44. The Morgan fingerprint density at radius 1 is 1.06 bits per heavy atom. The number of morpholine rings is 1. The standard InChI is InChI=1S/C28H26N2O3/c1-18-10-11-29-27(12-18)19-13-20-15-32-16-21(14-19)30(20)28(31)33-17-26-24-8-4-2-6-22(24)23-7-3-5-9-25(23)26/h2-13,20-21,26H,14-17H2,1H3. The first-order valence-corrected chi connectivity index (χ1v) is 11.5. The van der Waals surface area contributed by atoms with Crippen molar-refractivity contribution in [3.63, 3.8) is 0 Å². The van der Waals surface area contributed by atoms with E-state index in [2.05, 4.69) is 72.6 Å². The maximum atomic E-state index is 13.3. The first kappa shape index (κ1) is 20.2. The lowest BCUT2D eigenvalue weighted by atomic mass is 9.92. The number of carbonyl (C=O) groups excluding carboxylic acids is 1. The number of hydrogen-bond acceptors (Lipinski definition) is 4. The minimum absolute atomic E-state index is 0.0401. The molecule has 3 heterocycles. The Bertz CT molecular complexity index is 1210. The molecule has 5 heteroatoms. The van der Waals surface area contributed by atoms with Crippen LogP contribution in [0.1, 0.15) is 34.7 Å². The van der Waals surface area contributed by atoms with E-state index >= 15 is 0 Å². The zero-order valence-corrected chi connectivity index (χ0v) is 18.6. The monoisotopic (exact) mass is 438 g/mol. The lowest BCUT2D eigenvalue weighted by Crippen LogP contribution is -2.56. The SMILES string of the molecule is Cc1ccnc(C2=CC3COCC(C2)N3C(=O)OCC2c3ccccc3-c3ccccc32)c1. The lowest BCUT2D eigenvalue weighted by molar-refractivity contribution is -0.0331. The number of aromatic nitrogens is 1. The summed E-state index contributed by atoms with van der Waals surface area (Å²) in [5.41, 5.74) is 8.26. The van der Waals surface area contributed by atoms with Crippen LogP contribution in [0.2, 0.25) is 0 Å². The molecule has 1 saturated heterocycles. The third kappa shape index (κ3) is 3.53. The van der Waals surface area contributed by atoms with Crippen molar-refractivity contribution < 1.29 is 14.3 Å². The van der Waals surface area contributed by atoms with Gasteiger partial charge in [0, 0.05) is 12.1 Å². The maximum absolute atomic E-state index is 13.3. The van der Waals surface area contributed by atoms with E-state index in [0.717, 1.165) is 12.1 Å². The van der Waals surface area contributed by atoms with Crippen LogP contribution in [0.25, 0.3) is 16.7 Å². The van der Waals surface area contributed by atoms with Crippen molar-refractivity contribution in [1.82, 2.24) is 9.88 Å². The van der Waals surface area contributed by atoms with E-state index in [1.165, 1.54) is 33.4 Å². The molecule has 0 radical (unpaired) electrons. The van der Waals surface area contributed by atoms with E-state index in [9.17, 15) is 4.79 Å². The molecule has 0 saturated carbocycles. The molecule has 2 aromatic carbocycles. The van der Waals surface area contributed by atoms with Gasteiger partial charge >= 0.3 is 6.09 Å². The summed E-state index contributed by atoms with van der Waals surface area (Å²) in [6.45, 7) is 3.40. The molecule has 1 amide bonds. The van der Waals surface area contributed by atoms with Crippen LogP contribution in [0.4, 0.5) is 4.79 Å². The van der Waals surface area contributed by atoms with Crippen LogP contribution in [0.5, 0.6) is 0 Å². The van der Waals surface area contributed by atoms with E-state index in [0.29, 0.717) is 19.8 Å². The van der Waals surface area contributed by atoms with Gasteiger partial charge in [-0.2, -0.15) is 0 Å². The van der Waals surface area contributed by atoms with Crippen LogP contribution in [0.3, 0.4) is 0 Å². The molecular weight excluding hydrogens is 412 g/mol. The highest BCUT2D eigenvalue weighted by Gasteiger charge is 2.40. The van der Waals surface area contributed by atoms with Gasteiger partial charge in [-0.3, -0.25) is 9.88 Å². The summed E-state index contributed by atoms with van der Waals surface area (Å²) >= 11 is 0. The Kier molecular flexibility index (Phi) is 4.99. The highest BCUT2D eigenvalue weighted by atomic mass is 16.6. The van der Waals surface area contributed by atoms with Gasteiger partial charge in [-0.25, -0.2) is 4.79 Å². The highest BCUT2D eigenvalue weighted by molar-refractivity contribution is 5.79. The average molecular weight is 439 g/mol. The van der Waals surface area contributed by atoms with Gasteiger partial charge < -0.3 is 9.47 Å². The molecule has 2 atom stereocenters. The Morgan fingerprint density at radius 3 is 2.48 bits per heavy atom. The number of fused-ring (bicyclic) bond motifs is 5. The van der Waals surface area contributed by atoms with Crippen molar-refractivity contribution in [2.24, 2.45) is 0 Å². The van der Waals surface area contributed by atoms with Crippen molar-refractivity contribution in [2.45, 2.75) is 31.3 Å². The van der Waals surface area contributed by atoms with Gasteiger partial charge in [-0.1, -0.05) is 54.6 Å². The van der Waals surface area contributed by atoms with Gasteiger partial charge in [0.1, 0.15) is 6.61 Å². The molecule has 5 nitrogen and oxygen atoms in total. The molecular formula is C28H26N2O3. The van der Waals surface area contributed by atoms with Crippen LogP contribution in [-0.2, 0) is 9.47 Å². The Labute approximate surface area is 193 Å². The van der Waals surface area contributed by atoms with Gasteiger partial charge in [0.25, 0.3) is 0 Å². The molecule has 0 spiro atoms. The molecule has 1 aliphatic carbocycles. The summed E-state index contributed by atoms with van der Waals surface area (Å²) in [5.74, 6) is 0.0600. The van der Waals surface area contributed by atoms with Crippen molar-refractivity contribution in [1.29, 1.82) is 0 Å². The van der Waals surface area contributed by atoms with E-state index in [4.69, 9.17) is 9.47 Å². The number of ether oxygens (including phenoxy) is 2. The second kappa shape index (κ2) is 8.16. The van der Waals surface area contributed by atoms with Crippen LogP contribution in [0, 0.1) is 6.92 Å². The molecule has 1 aromatic heterocycles. The van der Waals surface area contributed by atoms with Crippen molar-refractivity contribution in [3.05, 3.63) is 95.3 Å². The van der Waals surface area contributed by atoms with Crippen molar-refractivity contribution >= 4 is 11.7 Å². The van der Waals surface area contributed by atoms with Crippen molar-refractivity contribution in [3.8, 4) is 11.1 Å². The number of nitrogens with zero attached hydrogens (tertiary/aromatic N) is 2. The number of aryl methyl sites for hydroxylation is 1. The lowest BCUT2D eigenvalue weighted by Gasteiger charge is -2.43. The second-order valence-corrected chi connectivity index (χ2v) is 9.08. The number of hydrogen-bond donors (Lipinski definition) is 0. The fourth-order valence-electron chi connectivity index (χ4n) is 5.45. The summed E-state index contributed by atoms with van der Waals surface area (Å²) in [5, 5.41) is 0. The third-order valence-corrected chi connectivity index (χ3v) is 6.99. The predicted octanol–water partition coefficient (Wildman–Crippen LogP) is 5.20. The fourth-order valence-corrected chi connectivity index (χ4v) is 5.45. The third-order valence-electron chi connectivity index (χ3n) is 6.99. The molecule has 3 aliphatic rings. The summed E-state index contributed by atoms with van der Waals surface area (Å²) in [7, 11) is 0. The fraction of sp³-hybridized carbons (Fsp3) is 0.286. The van der Waals surface area contributed by atoms with Crippen LogP contribution in [0.15, 0.2) is 72.9 Å². The summed E-state index contributed by atoms with van der Waals surface area (Å²) in [6, 6.07) is 20.7. The molecule has 1 fully saturated rings. The molecule has 2 bridgehead atoms. The van der Waals surface area contributed by atoms with E-state index < -0.39 is 0 Å². The van der Waals surface area contributed by atoms with Crippen LogP contribution < -0.4 is 0 Å². The summed E-state index contributed by atoms with van der Waals surface area (Å²) < 4.78 is 11.7. The van der Waals surface area contributed by atoms with Crippen LogP contribution in [-0.4, -0.2) is 47.9 Å². The van der Waals surface area contributed by atoms with Crippen molar-refractivity contribution in [2.75, 3.05) is 19.8 Å². The predicted molar refractivity (Wildman–Crippen MR) is 127 cm³/mol. The minimum atomic E-state index is -0.261. The van der Waals surface area contributed by atoms with Crippen LogP contribution >= 0.6 is 0 Å². The number of rotatable bonds is 3. The Morgan fingerprint density at radius 2 is 1.79 bits per heavy atom. The summed E-state index contributed by atoms with van der Waals surface area (Å²) in [6.07, 6.45) is 4.42. The molecule has 2 unspecified atom stereocenters. The smallest absolute Gasteiger partial charge is 0.410 e. The second-order valence-electron chi connectivity index (χ2n) is 9.08. The molecule has 33 heavy (non-hydrogen) atoms. The number of amides is 1. The normalized spacial score (nSPS) is 21.2. The Balaban J connectivity index is 1.22. The van der Waals surface area contributed by atoms with Gasteiger partial charge in [0.05, 0.1) is 31.0 Å². The largest absolute Gasteiger partial charge is 0.448 e. The van der Waals surface area contributed by atoms with E-state index in [-0.39, 0.29) is 24.1 Å². The first-order valence-electron chi connectivity index (χ1n) is 11.5. The number of carbonyl (C=O) groups is 1. The summed E-state index contributed by atoms with van der Waals surface area (Å²) in [4.78, 5) is 19.7. The van der Waals surface area contributed by atoms with Gasteiger partial charge in [-0.15, -0.1) is 0 Å². The minimum Gasteiger partial charge on any atom is -0.448 e. The molecule has 2 aliphatic heterocycles.